The van der Waals surface area contributed by atoms with E-state index in [9.17, 15) is 9.59 Å². The number of carbonyl (C=O) groups is 2. The number of hydrogen-bond acceptors (Lipinski definition) is 5. The summed E-state index contributed by atoms with van der Waals surface area (Å²) in [5.74, 6) is 0.562. The van der Waals surface area contributed by atoms with Crippen LogP contribution in [0, 0.1) is 11.3 Å². The second-order valence-electron chi connectivity index (χ2n) is 13.8. The largest absolute Gasteiger partial charge is 0.367 e. The molecule has 2 aromatic carbocycles. The Morgan fingerprint density at radius 3 is 2.27 bits per heavy atom. The first kappa shape index (κ1) is 29.6. The molecule has 3 N–H and O–H groups in total. The lowest BCUT2D eigenvalue weighted by Gasteiger charge is -2.36. The highest BCUT2D eigenvalue weighted by Gasteiger charge is 2.37. The average molecular weight is 560 g/mol. The predicted molar refractivity (Wildman–Crippen MR) is 168 cm³/mol. The van der Waals surface area contributed by atoms with Crippen LogP contribution in [0.4, 0.5) is 11.4 Å². The molecule has 2 saturated carbocycles. The molecule has 0 spiro atoms. The summed E-state index contributed by atoms with van der Waals surface area (Å²) in [5, 5.41) is 3.26. The number of hydrogen-bond donors (Lipinski definition) is 2. The number of nitrogens with two attached hydrogens (primary N) is 1. The second-order valence-corrected chi connectivity index (χ2v) is 13.8. The van der Waals surface area contributed by atoms with Gasteiger partial charge in [-0.3, -0.25) is 9.59 Å². The zero-order valence-electron chi connectivity index (χ0n) is 25.5. The van der Waals surface area contributed by atoms with Gasteiger partial charge in [-0.15, -0.1) is 0 Å². The van der Waals surface area contributed by atoms with Crippen LogP contribution in [0.15, 0.2) is 42.5 Å². The quantitative estimate of drug-likeness (QED) is 0.447. The maximum atomic E-state index is 13.3. The molecule has 2 amide bonds. The minimum absolute atomic E-state index is 0.0419. The number of likely N-dealkylation sites (N-methyl/N-ethyl adjacent to an activating group) is 1. The van der Waals surface area contributed by atoms with E-state index in [-0.39, 0.29) is 29.3 Å². The normalized spacial score (nSPS) is 21.9. The third-order valence-electron chi connectivity index (χ3n) is 8.81. The number of nitrogens with one attached hydrogen (secondary N) is 1. The van der Waals surface area contributed by atoms with Gasteiger partial charge in [0.25, 0.3) is 0 Å². The van der Waals surface area contributed by atoms with E-state index in [4.69, 9.17) is 5.73 Å². The summed E-state index contributed by atoms with van der Waals surface area (Å²) < 4.78 is 0. The molecule has 2 aromatic rings. The first-order valence-corrected chi connectivity index (χ1v) is 15.6. The Hall–Kier alpha value is -2.90. The molecule has 2 aliphatic carbocycles. The number of piperazine rings is 1. The highest BCUT2D eigenvalue weighted by molar-refractivity contribution is 5.96. The third kappa shape index (κ3) is 7.89. The summed E-state index contributed by atoms with van der Waals surface area (Å²) in [4.78, 5) is 33.3. The Bertz CT molecular complexity index is 1220. The molecule has 0 radical (unpaired) electrons. The minimum atomic E-state index is -0.0861. The van der Waals surface area contributed by atoms with E-state index in [2.05, 4.69) is 90.3 Å². The van der Waals surface area contributed by atoms with E-state index in [1.165, 1.54) is 0 Å². The van der Waals surface area contributed by atoms with Crippen LogP contribution in [-0.4, -0.2) is 66.9 Å². The van der Waals surface area contributed by atoms with Crippen molar-refractivity contribution in [3.63, 3.8) is 0 Å². The van der Waals surface area contributed by atoms with Crippen LogP contribution in [0.2, 0.25) is 0 Å². The molecule has 1 saturated heterocycles. The van der Waals surface area contributed by atoms with Gasteiger partial charge in [0.1, 0.15) is 0 Å². The van der Waals surface area contributed by atoms with Crippen molar-refractivity contribution in [2.45, 2.75) is 84.3 Å². The van der Waals surface area contributed by atoms with Crippen LogP contribution in [0.3, 0.4) is 0 Å². The van der Waals surface area contributed by atoms with Crippen LogP contribution >= 0.6 is 0 Å². The molecule has 0 atom stereocenters. The number of anilines is 2. The zero-order valence-corrected chi connectivity index (χ0v) is 25.5. The Labute approximate surface area is 246 Å². The van der Waals surface area contributed by atoms with Crippen LogP contribution in [0.25, 0.3) is 11.1 Å². The SMILES string of the molecule is CN1CCN(c2ccc(-c3cccc(CN(C(=O)C4CC4)C4CCC(N)CC4)c3)cc2NC(=O)CC(C)(C)C)CC1. The summed E-state index contributed by atoms with van der Waals surface area (Å²) in [7, 11) is 2.15. The van der Waals surface area contributed by atoms with Gasteiger partial charge < -0.3 is 25.8 Å². The van der Waals surface area contributed by atoms with Crippen molar-refractivity contribution < 1.29 is 9.59 Å². The lowest BCUT2D eigenvalue weighted by Crippen LogP contribution is -2.44. The maximum Gasteiger partial charge on any atom is 0.226 e. The van der Waals surface area contributed by atoms with E-state index in [0.717, 1.165) is 92.8 Å². The fraction of sp³-hybridized carbons (Fsp3) is 0.588. The van der Waals surface area contributed by atoms with Crippen LogP contribution in [0.5, 0.6) is 0 Å². The van der Waals surface area contributed by atoms with Crippen LogP contribution in [-0.2, 0) is 16.1 Å². The molecule has 5 rings (SSSR count). The Kier molecular flexibility index (Phi) is 9.05. The number of benzene rings is 2. The maximum absolute atomic E-state index is 13.3. The Morgan fingerprint density at radius 2 is 1.61 bits per heavy atom. The van der Waals surface area contributed by atoms with Crippen LogP contribution < -0.4 is 16.0 Å². The molecule has 1 heterocycles. The number of carbonyl (C=O) groups excluding carboxylic acids is 2. The van der Waals surface area contributed by atoms with Gasteiger partial charge in [0, 0.05) is 57.1 Å². The fourth-order valence-corrected chi connectivity index (χ4v) is 6.23. The number of amides is 2. The molecule has 7 heteroatoms. The number of nitrogens with zero attached hydrogens (tertiary/aromatic N) is 3. The van der Waals surface area contributed by atoms with E-state index in [0.29, 0.717) is 18.9 Å². The molecule has 1 aliphatic heterocycles. The zero-order chi connectivity index (χ0) is 29.1. The summed E-state index contributed by atoms with van der Waals surface area (Å²) >= 11 is 0. The van der Waals surface area contributed by atoms with E-state index >= 15 is 0 Å². The molecular weight excluding hydrogens is 510 g/mol. The van der Waals surface area contributed by atoms with Crippen molar-refractivity contribution in [2.75, 3.05) is 43.4 Å². The first-order chi connectivity index (χ1) is 19.6. The summed E-state index contributed by atoms with van der Waals surface area (Å²) in [6.45, 7) is 10.8. The van der Waals surface area contributed by atoms with Gasteiger partial charge in [-0.05, 0) is 85.9 Å². The fourth-order valence-electron chi connectivity index (χ4n) is 6.23. The van der Waals surface area contributed by atoms with Crippen LogP contribution in [0.1, 0.15) is 71.3 Å². The average Bonchev–Trinajstić information content (AvgIpc) is 3.77. The van der Waals surface area contributed by atoms with E-state index in [1.54, 1.807) is 0 Å². The van der Waals surface area contributed by atoms with Crippen molar-refractivity contribution in [2.24, 2.45) is 17.1 Å². The molecule has 41 heavy (non-hydrogen) atoms. The standard InChI is InChI=1S/C34H49N5O2/c1-34(2,3)22-32(40)36-30-21-27(10-15-31(30)38-18-16-37(4)17-19-38)26-7-5-6-24(20-26)23-39(33(41)25-8-9-25)29-13-11-28(35)12-14-29/h5-7,10,15,20-21,25,28-29H,8-9,11-14,16-19,22-23,35H2,1-4H3,(H,36,40). The van der Waals surface area contributed by atoms with Gasteiger partial charge in [-0.2, -0.15) is 0 Å². The molecule has 7 nitrogen and oxygen atoms in total. The highest BCUT2D eigenvalue weighted by atomic mass is 16.2. The van der Waals surface area contributed by atoms with Crippen molar-refractivity contribution in [1.29, 1.82) is 0 Å². The van der Waals surface area contributed by atoms with Crippen molar-refractivity contribution in [3.8, 4) is 11.1 Å². The second kappa shape index (κ2) is 12.5. The minimum Gasteiger partial charge on any atom is -0.367 e. The molecule has 0 aromatic heterocycles. The molecule has 0 bridgehead atoms. The van der Waals surface area contributed by atoms with Crippen molar-refractivity contribution in [3.05, 3.63) is 48.0 Å². The van der Waals surface area contributed by atoms with E-state index in [1.807, 2.05) is 0 Å². The van der Waals surface area contributed by atoms with Gasteiger partial charge >= 0.3 is 0 Å². The monoisotopic (exact) mass is 559 g/mol. The summed E-state index contributed by atoms with van der Waals surface area (Å²) in [5.41, 5.74) is 11.4. The molecule has 222 valence electrons. The summed E-state index contributed by atoms with van der Waals surface area (Å²) in [6.07, 6.45) is 6.46. The van der Waals surface area contributed by atoms with E-state index < -0.39 is 0 Å². The molecule has 3 fully saturated rings. The molecule has 0 unspecified atom stereocenters. The topological polar surface area (TPSA) is 81.9 Å². The third-order valence-corrected chi connectivity index (χ3v) is 8.81. The Balaban J connectivity index is 1.40. The van der Waals surface area contributed by atoms with Gasteiger partial charge in [-0.25, -0.2) is 0 Å². The summed E-state index contributed by atoms with van der Waals surface area (Å²) in [6, 6.07) is 15.6. The van der Waals surface area contributed by atoms with Gasteiger partial charge in [0.05, 0.1) is 11.4 Å². The smallest absolute Gasteiger partial charge is 0.226 e. The van der Waals surface area contributed by atoms with Crippen molar-refractivity contribution in [1.82, 2.24) is 9.80 Å². The molecule has 3 aliphatic rings. The lowest BCUT2D eigenvalue weighted by atomic mass is 9.90. The lowest BCUT2D eigenvalue weighted by molar-refractivity contribution is -0.136. The highest BCUT2D eigenvalue weighted by Crippen LogP contribution is 2.36. The van der Waals surface area contributed by atoms with Gasteiger partial charge in [-0.1, -0.05) is 45.0 Å². The van der Waals surface area contributed by atoms with Gasteiger partial charge in [0.15, 0.2) is 0 Å². The molecular formula is C34H49N5O2. The van der Waals surface area contributed by atoms with Crippen molar-refractivity contribution >= 4 is 23.2 Å². The first-order valence-electron chi connectivity index (χ1n) is 15.6. The Morgan fingerprint density at radius 1 is 0.927 bits per heavy atom. The van der Waals surface area contributed by atoms with Gasteiger partial charge in [0.2, 0.25) is 11.8 Å². The number of rotatable bonds is 8. The predicted octanol–water partition coefficient (Wildman–Crippen LogP) is 5.49.